The third kappa shape index (κ3) is 10.3. The lowest BCUT2D eigenvalue weighted by Gasteiger charge is -2.31. The normalized spacial score (nSPS) is 35.0. The number of ether oxygens (including phenoxy) is 3. The summed E-state index contributed by atoms with van der Waals surface area (Å²) in [6.45, 7) is 10.8. The van der Waals surface area contributed by atoms with E-state index in [1.807, 2.05) is 32.9 Å². The van der Waals surface area contributed by atoms with Gasteiger partial charge < -0.3 is 29.5 Å². The largest absolute Gasteiger partial charge is 0.457 e. The van der Waals surface area contributed by atoms with E-state index in [9.17, 15) is 24.9 Å². The van der Waals surface area contributed by atoms with Gasteiger partial charge in [0.05, 0.1) is 30.8 Å². The van der Waals surface area contributed by atoms with E-state index in [0.29, 0.717) is 6.42 Å². The summed E-state index contributed by atoms with van der Waals surface area (Å²) in [6, 6.07) is 0. The second kappa shape index (κ2) is 14.2. The second-order valence-corrected chi connectivity index (χ2v) is 10.9. The average Bonchev–Trinajstić information content (AvgIpc) is 3.58. The lowest BCUT2D eigenvalue weighted by atomic mass is 9.90. The number of carbonyl (C=O) groups is 2. The summed E-state index contributed by atoms with van der Waals surface area (Å²) in [5.74, 6) is -0.627. The maximum atomic E-state index is 12.4. The molecule has 37 heavy (non-hydrogen) atoms. The van der Waals surface area contributed by atoms with Crippen LogP contribution in [0.2, 0.25) is 0 Å². The van der Waals surface area contributed by atoms with Crippen molar-refractivity contribution >= 4 is 11.9 Å². The third-order valence-electron chi connectivity index (χ3n) is 7.30. The molecule has 9 atom stereocenters. The molecule has 0 amide bonds. The molecule has 3 N–H and O–H groups in total. The van der Waals surface area contributed by atoms with Crippen molar-refractivity contribution in [2.45, 2.75) is 122 Å². The number of aliphatic hydroxyl groups is 3. The molecular formula is C29H46O8. The number of cyclic esters (lactones) is 1. The van der Waals surface area contributed by atoms with E-state index in [4.69, 9.17) is 14.2 Å². The fourth-order valence-electron chi connectivity index (χ4n) is 4.66. The van der Waals surface area contributed by atoms with Gasteiger partial charge in [-0.05, 0) is 57.1 Å². The molecule has 2 aliphatic heterocycles. The molecule has 1 saturated heterocycles. The molecule has 0 aromatic heterocycles. The molecule has 0 bridgehead atoms. The van der Waals surface area contributed by atoms with Gasteiger partial charge in [0.15, 0.2) is 0 Å². The number of esters is 2. The minimum atomic E-state index is -1.39. The maximum Gasteiger partial charge on any atom is 0.309 e. The van der Waals surface area contributed by atoms with Crippen LogP contribution in [0.3, 0.4) is 0 Å². The highest BCUT2D eigenvalue weighted by Crippen LogP contribution is 2.36. The average molecular weight is 523 g/mol. The predicted octanol–water partition coefficient (Wildman–Crippen LogP) is 3.78. The number of aliphatic hydroxyl groups excluding tert-OH is 2. The molecule has 0 aliphatic carbocycles. The van der Waals surface area contributed by atoms with Crippen LogP contribution in [0, 0.1) is 11.8 Å². The van der Waals surface area contributed by atoms with Crippen molar-refractivity contribution in [3.05, 3.63) is 36.0 Å². The zero-order chi connectivity index (χ0) is 27.8. The van der Waals surface area contributed by atoms with Crippen LogP contribution >= 0.6 is 0 Å². The zero-order valence-corrected chi connectivity index (χ0v) is 23.1. The first-order chi connectivity index (χ1) is 17.3. The molecule has 0 radical (unpaired) electrons. The number of rotatable bonds is 9. The summed E-state index contributed by atoms with van der Waals surface area (Å²) in [4.78, 5) is 24.0. The van der Waals surface area contributed by atoms with E-state index in [-0.39, 0.29) is 49.4 Å². The van der Waals surface area contributed by atoms with Crippen molar-refractivity contribution in [1.82, 2.24) is 0 Å². The standard InChI is InChI=1S/C29H46O8/c1-7-23(32)20(4)28-25(37-28)16-18(2)10-8-11-19(3)24-12-9-13-26(35-21(5)30)29(6,34)15-14-22(31)17-27(33)36-24/h8-11,13,18,20,22-26,28,31-32,34H,7,12,14-17H2,1-6H3/b10-8+,13-9-,19-11+. The molecule has 0 spiro atoms. The first kappa shape index (κ1) is 31.2. The number of epoxide rings is 1. The Morgan fingerprint density at radius 3 is 2.68 bits per heavy atom. The molecule has 2 rings (SSSR count). The van der Waals surface area contributed by atoms with Crippen LogP contribution in [-0.4, -0.2) is 69.5 Å². The van der Waals surface area contributed by atoms with E-state index >= 15 is 0 Å². The van der Waals surface area contributed by atoms with Gasteiger partial charge in [-0.15, -0.1) is 0 Å². The molecule has 8 nitrogen and oxygen atoms in total. The van der Waals surface area contributed by atoms with E-state index in [0.717, 1.165) is 18.4 Å². The van der Waals surface area contributed by atoms with Gasteiger partial charge in [0.1, 0.15) is 17.8 Å². The molecule has 2 aliphatic rings. The van der Waals surface area contributed by atoms with Crippen molar-refractivity contribution in [1.29, 1.82) is 0 Å². The van der Waals surface area contributed by atoms with Gasteiger partial charge in [0.2, 0.25) is 0 Å². The van der Waals surface area contributed by atoms with Gasteiger partial charge in [-0.25, -0.2) is 0 Å². The lowest BCUT2D eigenvalue weighted by Crippen LogP contribution is -2.42. The monoisotopic (exact) mass is 522 g/mol. The third-order valence-corrected chi connectivity index (χ3v) is 7.30. The number of hydrogen-bond acceptors (Lipinski definition) is 8. The van der Waals surface area contributed by atoms with E-state index in [2.05, 4.69) is 13.0 Å². The van der Waals surface area contributed by atoms with Gasteiger partial charge in [0.25, 0.3) is 0 Å². The zero-order valence-electron chi connectivity index (χ0n) is 23.1. The highest BCUT2D eigenvalue weighted by molar-refractivity contribution is 5.70. The van der Waals surface area contributed by atoms with E-state index in [1.165, 1.54) is 6.92 Å². The topological polar surface area (TPSA) is 126 Å². The lowest BCUT2D eigenvalue weighted by molar-refractivity contribution is -0.157. The quantitative estimate of drug-likeness (QED) is 0.181. The van der Waals surface area contributed by atoms with Crippen LogP contribution < -0.4 is 0 Å². The molecule has 210 valence electrons. The molecule has 1 fully saturated rings. The summed E-state index contributed by atoms with van der Waals surface area (Å²) < 4.78 is 16.8. The summed E-state index contributed by atoms with van der Waals surface area (Å²) in [6.07, 6.45) is 8.84. The SMILES string of the molecule is CCC(O)C(C)C1OC1CC(C)/C=C/C=C(\C)C1C/C=C\C(OC(C)=O)C(C)(O)CCC(O)CC(=O)O1. The Kier molecular flexibility index (Phi) is 12.0. The van der Waals surface area contributed by atoms with Crippen LogP contribution in [0.15, 0.2) is 36.0 Å². The summed E-state index contributed by atoms with van der Waals surface area (Å²) in [5, 5.41) is 31.2. The summed E-state index contributed by atoms with van der Waals surface area (Å²) >= 11 is 0. The molecule has 2 heterocycles. The van der Waals surface area contributed by atoms with Crippen LogP contribution in [0.1, 0.15) is 80.1 Å². The van der Waals surface area contributed by atoms with E-state index < -0.39 is 35.9 Å². The van der Waals surface area contributed by atoms with Crippen molar-refractivity contribution in [3.63, 3.8) is 0 Å². The summed E-state index contributed by atoms with van der Waals surface area (Å²) in [7, 11) is 0. The van der Waals surface area contributed by atoms with E-state index in [1.54, 1.807) is 19.1 Å². The van der Waals surface area contributed by atoms with Crippen LogP contribution in [-0.2, 0) is 23.8 Å². The van der Waals surface area contributed by atoms with Gasteiger partial charge in [0, 0.05) is 19.3 Å². The Bertz CT molecular complexity index is 845. The number of hydrogen-bond donors (Lipinski definition) is 3. The predicted molar refractivity (Wildman–Crippen MR) is 140 cm³/mol. The Morgan fingerprint density at radius 2 is 2.03 bits per heavy atom. The Labute approximate surface area is 221 Å². The minimum absolute atomic E-state index is 0.109. The van der Waals surface area contributed by atoms with Crippen molar-refractivity contribution in [2.24, 2.45) is 11.8 Å². The minimum Gasteiger partial charge on any atom is -0.457 e. The van der Waals surface area contributed by atoms with Crippen molar-refractivity contribution < 1.29 is 39.1 Å². The Morgan fingerprint density at radius 1 is 1.32 bits per heavy atom. The molecule has 9 unspecified atom stereocenters. The molecular weight excluding hydrogens is 476 g/mol. The second-order valence-electron chi connectivity index (χ2n) is 10.9. The number of carbonyl (C=O) groups excluding carboxylic acids is 2. The van der Waals surface area contributed by atoms with Gasteiger partial charge in [-0.2, -0.15) is 0 Å². The van der Waals surface area contributed by atoms with Crippen LogP contribution in [0.25, 0.3) is 0 Å². The van der Waals surface area contributed by atoms with Gasteiger partial charge >= 0.3 is 11.9 Å². The van der Waals surface area contributed by atoms with Crippen LogP contribution in [0.4, 0.5) is 0 Å². The Balaban J connectivity index is 2.05. The first-order valence-corrected chi connectivity index (χ1v) is 13.5. The van der Waals surface area contributed by atoms with Crippen molar-refractivity contribution in [2.75, 3.05) is 0 Å². The first-order valence-electron chi connectivity index (χ1n) is 13.5. The fourth-order valence-corrected chi connectivity index (χ4v) is 4.66. The van der Waals surface area contributed by atoms with Gasteiger partial charge in [-0.1, -0.05) is 45.1 Å². The Hall–Kier alpha value is -2.00. The highest BCUT2D eigenvalue weighted by Gasteiger charge is 2.44. The van der Waals surface area contributed by atoms with Gasteiger partial charge in [-0.3, -0.25) is 9.59 Å². The molecule has 8 heteroatoms. The smallest absolute Gasteiger partial charge is 0.309 e. The molecule has 0 aromatic carbocycles. The highest BCUT2D eigenvalue weighted by atomic mass is 16.6. The van der Waals surface area contributed by atoms with Crippen LogP contribution in [0.5, 0.6) is 0 Å². The van der Waals surface area contributed by atoms with Crippen molar-refractivity contribution in [3.8, 4) is 0 Å². The number of allylic oxidation sites excluding steroid dienone is 3. The molecule has 0 aromatic rings. The summed E-state index contributed by atoms with van der Waals surface area (Å²) in [5.41, 5.74) is -0.564. The maximum absolute atomic E-state index is 12.4. The molecule has 0 saturated carbocycles. The fraction of sp³-hybridized carbons (Fsp3) is 0.724.